The second kappa shape index (κ2) is 10.6. The fraction of sp³-hybridized carbons (Fsp3) is 0.0256. The summed E-state index contributed by atoms with van der Waals surface area (Å²) in [5.74, 6) is 0. The fourth-order valence-corrected chi connectivity index (χ4v) is 7.31. The largest absolute Gasteiger partial charge is 0.313 e. The summed E-state index contributed by atoms with van der Waals surface area (Å²) >= 11 is 1.90. The molecule has 196 valence electrons. The lowest BCUT2D eigenvalue weighted by Gasteiger charge is -2.13. The van der Waals surface area contributed by atoms with Crippen LogP contribution in [0.1, 0.15) is 6.92 Å². The second-order valence-corrected chi connectivity index (χ2v) is 11.2. The number of nitrogens with zero attached hydrogens (tertiary/aromatic N) is 1. The highest BCUT2D eigenvalue weighted by molar-refractivity contribution is 7.21. The van der Waals surface area contributed by atoms with Crippen LogP contribution in [0.15, 0.2) is 152 Å². The van der Waals surface area contributed by atoms with Crippen molar-refractivity contribution < 1.29 is 0 Å². The Morgan fingerprint density at radius 1 is 0.610 bits per heavy atom. The third-order valence-corrected chi connectivity index (χ3v) is 9.03. The Labute approximate surface area is 244 Å². The summed E-state index contributed by atoms with van der Waals surface area (Å²) in [7, 11) is 0. The highest BCUT2D eigenvalue weighted by Crippen LogP contribution is 2.51. The molecule has 0 aliphatic carbocycles. The van der Waals surface area contributed by atoms with Gasteiger partial charge >= 0.3 is 0 Å². The van der Waals surface area contributed by atoms with E-state index in [-0.39, 0.29) is 0 Å². The van der Waals surface area contributed by atoms with Gasteiger partial charge in [0.05, 0.1) is 11.0 Å². The number of rotatable bonds is 6. The highest BCUT2D eigenvalue weighted by Gasteiger charge is 2.23. The van der Waals surface area contributed by atoms with E-state index in [0.717, 1.165) is 5.70 Å². The van der Waals surface area contributed by atoms with Gasteiger partial charge in [0.1, 0.15) is 0 Å². The number of benzene rings is 5. The van der Waals surface area contributed by atoms with Gasteiger partial charge in [0, 0.05) is 42.6 Å². The molecule has 0 fully saturated rings. The van der Waals surface area contributed by atoms with E-state index in [0.29, 0.717) is 0 Å². The maximum Gasteiger partial charge on any atom is 0.0544 e. The van der Waals surface area contributed by atoms with Gasteiger partial charge in [-0.15, -0.1) is 11.3 Å². The third kappa shape index (κ3) is 4.25. The Kier molecular flexibility index (Phi) is 6.47. The molecule has 0 saturated heterocycles. The second-order valence-electron chi connectivity index (χ2n) is 10.2. The topological polar surface area (TPSA) is 4.93 Å². The molecule has 1 nitrogen and oxygen atoms in total. The molecular weight excluding hydrogens is 515 g/mol. The van der Waals surface area contributed by atoms with Gasteiger partial charge in [-0.25, -0.2) is 0 Å². The zero-order chi connectivity index (χ0) is 27.8. The quantitative estimate of drug-likeness (QED) is 0.184. The zero-order valence-corrected chi connectivity index (χ0v) is 23.7. The molecule has 0 aliphatic rings. The van der Waals surface area contributed by atoms with Gasteiger partial charge < -0.3 is 4.57 Å². The maximum absolute atomic E-state index is 3.83. The standard InChI is InChI=1S/C39H29NS/c1-3-4-7-16-27(2)40-34-24-15-14-23-33(34)36-35(40)26-25-30(28-17-8-5-9-18-28)37(36)39-32-22-13-12-21-31(32)38(41-39)29-19-10-6-11-20-29/h3-26H,1H2,2H3/b7-4-,27-16+. The first-order valence-corrected chi connectivity index (χ1v) is 14.7. The van der Waals surface area contributed by atoms with Gasteiger partial charge in [0.15, 0.2) is 0 Å². The summed E-state index contributed by atoms with van der Waals surface area (Å²) in [6, 6.07) is 43.9. The van der Waals surface area contributed by atoms with Crippen LogP contribution in [0.25, 0.3) is 70.3 Å². The van der Waals surface area contributed by atoms with Crippen molar-refractivity contribution in [1.82, 2.24) is 4.57 Å². The molecule has 0 aliphatic heterocycles. The zero-order valence-electron chi connectivity index (χ0n) is 22.9. The van der Waals surface area contributed by atoms with Crippen LogP contribution in [0.2, 0.25) is 0 Å². The normalized spacial score (nSPS) is 12.2. The maximum atomic E-state index is 3.83. The molecule has 2 heteroatoms. The summed E-state index contributed by atoms with van der Waals surface area (Å²) in [6.07, 6.45) is 8.00. The van der Waals surface area contributed by atoms with Crippen LogP contribution < -0.4 is 0 Å². The average molecular weight is 544 g/mol. The number of hydrogen-bond acceptors (Lipinski definition) is 1. The molecule has 0 N–H and O–H groups in total. The third-order valence-electron chi connectivity index (χ3n) is 7.74. The predicted octanol–water partition coefficient (Wildman–Crippen LogP) is 11.6. The summed E-state index contributed by atoms with van der Waals surface area (Å²) in [5.41, 5.74) is 8.60. The van der Waals surface area contributed by atoms with Gasteiger partial charge in [0.2, 0.25) is 0 Å². The first kappa shape index (κ1) is 25.1. The van der Waals surface area contributed by atoms with Gasteiger partial charge in [-0.3, -0.25) is 0 Å². The number of aromatic nitrogens is 1. The molecular formula is C39H29NS. The minimum Gasteiger partial charge on any atom is -0.313 e. The van der Waals surface area contributed by atoms with Crippen LogP contribution in [-0.2, 0) is 0 Å². The fourth-order valence-electron chi connectivity index (χ4n) is 5.96. The minimum absolute atomic E-state index is 1.16. The lowest BCUT2D eigenvalue weighted by Crippen LogP contribution is -1.93. The molecule has 2 heterocycles. The Bertz CT molecular complexity index is 2100. The van der Waals surface area contributed by atoms with E-state index in [1.165, 1.54) is 64.6 Å². The molecule has 0 amide bonds. The van der Waals surface area contributed by atoms with Crippen LogP contribution in [0.5, 0.6) is 0 Å². The molecule has 2 aromatic heterocycles. The number of allylic oxidation sites excluding steroid dienone is 5. The van der Waals surface area contributed by atoms with E-state index < -0.39 is 0 Å². The smallest absolute Gasteiger partial charge is 0.0544 e. The van der Waals surface area contributed by atoms with Crippen molar-refractivity contribution in [2.24, 2.45) is 0 Å². The Balaban J connectivity index is 1.65. The van der Waals surface area contributed by atoms with Crippen molar-refractivity contribution >= 4 is 49.6 Å². The predicted molar refractivity (Wildman–Crippen MR) is 180 cm³/mol. The van der Waals surface area contributed by atoms with Crippen molar-refractivity contribution in [1.29, 1.82) is 0 Å². The van der Waals surface area contributed by atoms with Crippen LogP contribution in [0.3, 0.4) is 0 Å². The van der Waals surface area contributed by atoms with Crippen LogP contribution in [0, 0.1) is 0 Å². The first-order valence-electron chi connectivity index (χ1n) is 13.9. The number of thiophene rings is 1. The Morgan fingerprint density at radius 3 is 1.93 bits per heavy atom. The van der Waals surface area contributed by atoms with E-state index in [4.69, 9.17) is 0 Å². The molecule has 7 rings (SSSR count). The molecule has 0 radical (unpaired) electrons. The van der Waals surface area contributed by atoms with Crippen molar-refractivity contribution in [2.45, 2.75) is 6.92 Å². The summed E-state index contributed by atoms with van der Waals surface area (Å²) < 4.78 is 2.39. The summed E-state index contributed by atoms with van der Waals surface area (Å²) in [6.45, 7) is 6.01. The van der Waals surface area contributed by atoms with Gasteiger partial charge in [-0.1, -0.05) is 134 Å². The van der Waals surface area contributed by atoms with E-state index in [1.54, 1.807) is 0 Å². The molecule has 0 unspecified atom stereocenters. The molecule has 0 saturated carbocycles. The monoisotopic (exact) mass is 543 g/mol. The van der Waals surface area contributed by atoms with Crippen molar-refractivity contribution in [3.8, 4) is 32.0 Å². The van der Waals surface area contributed by atoms with Gasteiger partial charge in [0.25, 0.3) is 0 Å². The SMILES string of the molecule is C=C/C=C\C=C(/C)n1c2ccccc2c2c(-c3sc(-c4ccccc4)c4ccccc34)c(-c3ccccc3)ccc21. The van der Waals surface area contributed by atoms with E-state index in [1.807, 2.05) is 23.5 Å². The Hall–Kier alpha value is -4.92. The number of hydrogen-bond donors (Lipinski definition) is 0. The molecule has 5 aromatic carbocycles. The number of fused-ring (bicyclic) bond motifs is 4. The van der Waals surface area contributed by atoms with Crippen LogP contribution in [-0.4, -0.2) is 4.57 Å². The average Bonchev–Trinajstić information content (AvgIpc) is 3.58. The molecule has 0 spiro atoms. The first-order chi connectivity index (χ1) is 20.3. The summed E-state index contributed by atoms with van der Waals surface area (Å²) in [5, 5.41) is 5.13. The van der Waals surface area contributed by atoms with Crippen LogP contribution in [0.4, 0.5) is 0 Å². The van der Waals surface area contributed by atoms with Crippen molar-refractivity contribution in [2.75, 3.05) is 0 Å². The van der Waals surface area contributed by atoms with Crippen LogP contribution >= 0.6 is 11.3 Å². The molecule has 0 atom stereocenters. The van der Waals surface area contributed by atoms with E-state index in [9.17, 15) is 0 Å². The lowest BCUT2D eigenvalue weighted by molar-refractivity contribution is 1.20. The molecule has 41 heavy (non-hydrogen) atoms. The lowest BCUT2D eigenvalue weighted by atomic mass is 9.92. The Morgan fingerprint density at radius 2 is 1.22 bits per heavy atom. The number of para-hydroxylation sites is 1. The highest BCUT2D eigenvalue weighted by atomic mass is 32.1. The minimum atomic E-state index is 1.16. The summed E-state index contributed by atoms with van der Waals surface area (Å²) in [4.78, 5) is 2.61. The molecule has 0 bridgehead atoms. The van der Waals surface area contributed by atoms with Crippen molar-refractivity contribution in [3.63, 3.8) is 0 Å². The van der Waals surface area contributed by atoms with E-state index >= 15 is 0 Å². The van der Waals surface area contributed by atoms with Crippen molar-refractivity contribution in [3.05, 3.63) is 152 Å². The van der Waals surface area contributed by atoms with E-state index in [2.05, 4.69) is 152 Å². The van der Waals surface area contributed by atoms with Gasteiger partial charge in [-0.05, 0) is 41.8 Å². The molecule has 7 aromatic rings. The van der Waals surface area contributed by atoms with Gasteiger partial charge in [-0.2, -0.15) is 0 Å².